The summed E-state index contributed by atoms with van der Waals surface area (Å²) in [5.74, 6) is 0. The Labute approximate surface area is 90.3 Å². The first kappa shape index (κ1) is 10.6. The monoisotopic (exact) mass is 209 g/mol. The molecule has 1 saturated heterocycles. The molecule has 2 heterocycles. The van der Waals surface area contributed by atoms with Gasteiger partial charge in [-0.15, -0.1) is 0 Å². The van der Waals surface area contributed by atoms with Crippen LogP contribution in [0.1, 0.15) is 36.8 Å². The Morgan fingerprint density at radius 3 is 2.93 bits per heavy atom. The van der Waals surface area contributed by atoms with Crippen LogP contribution in [0.3, 0.4) is 0 Å². The van der Waals surface area contributed by atoms with E-state index in [1.54, 1.807) is 4.68 Å². The lowest BCUT2D eigenvalue weighted by molar-refractivity contribution is 0.109. The van der Waals surface area contributed by atoms with Crippen LogP contribution in [0.15, 0.2) is 6.07 Å². The van der Waals surface area contributed by atoms with Gasteiger partial charge in [0.25, 0.3) is 0 Å². The van der Waals surface area contributed by atoms with Crippen molar-refractivity contribution in [1.29, 1.82) is 0 Å². The van der Waals surface area contributed by atoms with Gasteiger partial charge in [0.15, 0.2) is 0 Å². The lowest BCUT2D eigenvalue weighted by Crippen LogP contribution is -2.38. The average molecular weight is 209 g/mol. The molecule has 0 aliphatic carbocycles. The maximum atomic E-state index is 10.1. The molecule has 1 aromatic heterocycles. The van der Waals surface area contributed by atoms with Crippen molar-refractivity contribution < 1.29 is 5.11 Å². The third kappa shape index (κ3) is 2.21. The molecule has 2 rings (SSSR count). The molecular weight excluding hydrogens is 190 g/mol. The summed E-state index contributed by atoms with van der Waals surface area (Å²) in [5.41, 5.74) is 1.87. The molecule has 1 aliphatic heterocycles. The molecule has 2 atom stereocenters. The van der Waals surface area contributed by atoms with Crippen LogP contribution in [0.25, 0.3) is 0 Å². The average Bonchev–Trinajstić information content (AvgIpc) is 2.59. The maximum absolute atomic E-state index is 10.1. The van der Waals surface area contributed by atoms with Crippen LogP contribution in [-0.2, 0) is 7.05 Å². The highest BCUT2D eigenvalue weighted by atomic mass is 16.3. The summed E-state index contributed by atoms with van der Waals surface area (Å²) in [6.07, 6.45) is 2.98. The molecule has 0 radical (unpaired) electrons. The van der Waals surface area contributed by atoms with Crippen LogP contribution in [-0.4, -0.2) is 27.5 Å². The van der Waals surface area contributed by atoms with Gasteiger partial charge in [0.2, 0.25) is 0 Å². The third-order valence-corrected chi connectivity index (χ3v) is 3.17. The second kappa shape index (κ2) is 4.33. The summed E-state index contributed by atoms with van der Waals surface area (Å²) in [7, 11) is 1.90. The molecule has 0 unspecified atom stereocenters. The fourth-order valence-corrected chi connectivity index (χ4v) is 2.09. The number of aliphatic hydroxyl groups is 1. The van der Waals surface area contributed by atoms with E-state index in [0.29, 0.717) is 0 Å². The van der Waals surface area contributed by atoms with Gasteiger partial charge in [-0.3, -0.25) is 4.68 Å². The SMILES string of the molecule is Cc1cc([C@H](O)[C@@H]2CCCCN2)nn1C. The lowest BCUT2D eigenvalue weighted by Gasteiger charge is -2.26. The van der Waals surface area contributed by atoms with Crippen LogP contribution in [0.2, 0.25) is 0 Å². The van der Waals surface area contributed by atoms with Crippen molar-refractivity contribution in [2.75, 3.05) is 6.54 Å². The van der Waals surface area contributed by atoms with Crippen LogP contribution in [0.5, 0.6) is 0 Å². The molecule has 0 bridgehead atoms. The fourth-order valence-electron chi connectivity index (χ4n) is 2.09. The van der Waals surface area contributed by atoms with Gasteiger partial charge in [-0.05, 0) is 32.4 Å². The van der Waals surface area contributed by atoms with Crippen molar-refractivity contribution >= 4 is 0 Å². The molecule has 4 heteroatoms. The summed E-state index contributed by atoms with van der Waals surface area (Å²) in [6.45, 7) is 3.01. The zero-order valence-electron chi connectivity index (χ0n) is 9.40. The highest BCUT2D eigenvalue weighted by Crippen LogP contribution is 2.22. The normalized spacial score (nSPS) is 24.1. The molecule has 0 saturated carbocycles. The number of aromatic nitrogens is 2. The Bertz CT molecular complexity index is 309. The van der Waals surface area contributed by atoms with Gasteiger partial charge in [-0.1, -0.05) is 6.42 Å². The standard InChI is InChI=1S/C11H19N3O/c1-8-7-10(13-14(8)2)11(15)9-5-3-4-6-12-9/h7,9,11-12,15H,3-6H2,1-2H3/t9-,11+/m0/s1. The van der Waals surface area contributed by atoms with Crippen molar-refractivity contribution in [3.05, 3.63) is 17.5 Å². The van der Waals surface area contributed by atoms with Gasteiger partial charge in [0.05, 0.1) is 5.69 Å². The first-order valence-corrected chi connectivity index (χ1v) is 5.60. The topological polar surface area (TPSA) is 50.1 Å². The van der Waals surface area contributed by atoms with Crippen LogP contribution in [0.4, 0.5) is 0 Å². The van der Waals surface area contributed by atoms with Gasteiger partial charge in [0, 0.05) is 18.8 Å². The predicted octanol–water partition coefficient (Wildman–Crippen LogP) is 0.904. The first-order valence-electron chi connectivity index (χ1n) is 5.60. The molecule has 84 valence electrons. The number of nitrogens with zero attached hydrogens (tertiary/aromatic N) is 2. The van der Waals surface area contributed by atoms with Crippen molar-refractivity contribution in [3.8, 4) is 0 Å². The largest absolute Gasteiger partial charge is 0.385 e. The molecule has 1 aliphatic rings. The molecule has 0 aromatic carbocycles. The van der Waals surface area contributed by atoms with E-state index >= 15 is 0 Å². The molecule has 0 spiro atoms. The minimum atomic E-state index is -0.467. The number of hydrogen-bond donors (Lipinski definition) is 2. The Kier molecular flexibility index (Phi) is 3.07. The van der Waals surface area contributed by atoms with Gasteiger partial charge in [-0.2, -0.15) is 5.10 Å². The van der Waals surface area contributed by atoms with E-state index in [1.165, 1.54) is 12.8 Å². The number of hydrogen-bond acceptors (Lipinski definition) is 3. The quantitative estimate of drug-likeness (QED) is 0.761. The third-order valence-electron chi connectivity index (χ3n) is 3.17. The Hall–Kier alpha value is -0.870. The molecule has 2 N–H and O–H groups in total. The highest BCUT2D eigenvalue weighted by molar-refractivity contribution is 5.13. The van der Waals surface area contributed by atoms with Gasteiger partial charge in [-0.25, -0.2) is 0 Å². The van der Waals surface area contributed by atoms with Crippen molar-refractivity contribution in [2.45, 2.75) is 38.3 Å². The maximum Gasteiger partial charge on any atom is 0.113 e. The molecule has 15 heavy (non-hydrogen) atoms. The van der Waals surface area contributed by atoms with Crippen LogP contribution >= 0.6 is 0 Å². The van der Waals surface area contributed by atoms with Gasteiger partial charge in [0.1, 0.15) is 6.10 Å². The smallest absolute Gasteiger partial charge is 0.113 e. The number of aliphatic hydroxyl groups excluding tert-OH is 1. The van der Waals surface area contributed by atoms with Crippen LogP contribution in [0, 0.1) is 6.92 Å². The number of aryl methyl sites for hydroxylation is 2. The Morgan fingerprint density at radius 1 is 1.60 bits per heavy atom. The highest BCUT2D eigenvalue weighted by Gasteiger charge is 2.24. The molecular formula is C11H19N3O. The summed E-state index contributed by atoms with van der Waals surface area (Å²) in [6, 6.07) is 2.13. The fraction of sp³-hybridized carbons (Fsp3) is 0.727. The van der Waals surface area contributed by atoms with Crippen molar-refractivity contribution in [1.82, 2.24) is 15.1 Å². The zero-order chi connectivity index (χ0) is 10.8. The Morgan fingerprint density at radius 2 is 2.40 bits per heavy atom. The van der Waals surface area contributed by atoms with E-state index in [0.717, 1.165) is 24.4 Å². The van der Waals surface area contributed by atoms with E-state index in [4.69, 9.17) is 0 Å². The minimum Gasteiger partial charge on any atom is -0.385 e. The number of rotatable bonds is 2. The lowest BCUT2D eigenvalue weighted by atomic mass is 9.98. The predicted molar refractivity (Wildman–Crippen MR) is 58.5 cm³/mol. The van der Waals surface area contributed by atoms with E-state index < -0.39 is 6.10 Å². The molecule has 0 amide bonds. The second-order valence-electron chi connectivity index (χ2n) is 4.34. The molecule has 1 aromatic rings. The minimum absolute atomic E-state index is 0.174. The zero-order valence-corrected chi connectivity index (χ0v) is 9.40. The van der Waals surface area contributed by atoms with Gasteiger partial charge >= 0.3 is 0 Å². The molecule has 1 fully saturated rings. The first-order chi connectivity index (χ1) is 7.18. The second-order valence-corrected chi connectivity index (χ2v) is 4.34. The van der Waals surface area contributed by atoms with Crippen molar-refractivity contribution in [3.63, 3.8) is 0 Å². The van der Waals surface area contributed by atoms with Gasteiger partial charge < -0.3 is 10.4 Å². The summed E-state index contributed by atoms with van der Waals surface area (Å²) in [4.78, 5) is 0. The number of piperidine rings is 1. The number of nitrogens with one attached hydrogen (secondary N) is 1. The van der Waals surface area contributed by atoms with Crippen LogP contribution < -0.4 is 5.32 Å². The Balaban J connectivity index is 2.08. The summed E-state index contributed by atoms with van der Waals surface area (Å²) >= 11 is 0. The summed E-state index contributed by atoms with van der Waals surface area (Å²) in [5, 5.41) is 17.8. The van der Waals surface area contributed by atoms with Crippen molar-refractivity contribution in [2.24, 2.45) is 7.05 Å². The summed E-state index contributed by atoms with van der Waals surface area (Å²) < 4.78 is 1.81. The van der Waals surface area contributed by atoms with E-state index in [9.17, 15) is 5.11 Å². The van der Waals surface area contributed by atoms with E-state index in [1.807, 2.05) is 20.0 Å². The van der Waals surface area contributed by atoms with E-state index in [2.05, 4.69) is 10.4 Å². The molecule has 4 nitrogen and oxygen atoms in total. The van der Waals surface area contributed by atoms with E-state index in [-0.39, 0.29) is 6.04 Å².